The molecule has 0 unspecified atom stereocenters. The summed E-state index contributed by atoms with van der Waals surface area (Å²) in [6.45, 7) is 3.54. The number of halogens is 3. The summed E-state index contributed by atoms with van der Waals surface area (Å²) >= 11 is 0. The van der Waals surface area contributed by atoms with Crippen LogP contribution in [0.4, 0.5) is 45.5 Å². The van der Waals surface area contributed by atoms with E-state index < -0.39 is 23.8 Å². The smallest absolute Gasteiger partial charge is 0.418 e. The minimum atomic E-state index is -4.65. The van der Waals surface area contributed by atoms with Crippen LogP contribution in [-0.4, -0.2) is 57.4 Å². The molecule has 0 aliphatic carbocycles. The molecule has 0 saturated carbocycles. The van der Waals surface area contributed by atoms with E-state index in [1.807, 2.05) is 31.2 Å². The minimum Gasteiger partial charge on any atom is -0.497 e. The molecular weight excluding hydrogens is 527 g/mol. The first-order valence-corrected chi connectivity index (χ1v) is 12.5. The fourth-order valence-electron chi connectivity index (χ4n) is 4.32. The molecule has 0 radical (unpaired) electrons. The van der Waals surface area contributed by atoms with Gasteiger partial charge in [-0.3, -0.25) is 0 Å². The van der Waals surface area contributed by atoms with E-state index >= 15 is 0 Å². The lowest BCUT2D eigenvalue weighted by Crippen LogP contribution is -2.50. The Balaban J connectivity index is 1.31. The van der Waals surface area contributed by atoms with Gasteiger partial charge in [-0.1, -0.05) is 6.07 Å². The Labute approximate surface area is 229 Å². The van der Waals surface area contributed by atoms with Gasteiger partial charge < -0.3 is 35.2 Å². The number of piperazine rings is 1. The number of hydrogen-bond donors (Lipinski definition) is 3. The number of rotatable bonds is 6. The molecule has 4 rings (SSSR count). The lowest BCUT2D eigenvalue weighted by atomic mass is 10.1. The van der Waals surface area contributed by atoms with Gasteiger partial charge >= 0.3 is 18.2 Å². The molecule has 4 amide bonds. The van der Waals surface area contributed by atoms with Crippen molar-refractivity contribution in [3.63, 3.8) is 0 Å². The maximum absolute atomic E-state index is 13.5. The van der Waals surface area contributed by atoms with Crippen LogP contribution in [0.1, 0.15) is 11.1 Å². The van der Waals surface area contributed by atoms with Gasteiger partial charge in [0.15, 0.2) is 0 Å². The Hall–Kier alpha value is -4.61. The second kappa shape index (κ2) is 12.1. The van der Waals surface area contributed by atoms with Crippen molar-refractivity contribution in [3.05, 3.63) is 71.8 Å². The fraction of sp³-hybridized carbons (Fsp3) is 0.286. The summed E-state index contributed by atoms with van der Waals surface area (Å²) in [6, 6.07) is 15.1. The van der Waals surface area contributed by atoms with Gasteiger partial charge in [0.2, 0.25) is 0 Å². The van der Waals surface area contributed by atoms with Crippen molar-refractivity contribution < 1.29 is 32.2 Å². The van der Waals surface area contributed by atoms with Crippen LogP contribution in [0.15, 0.2) is 60.7 Å². The van der Waals surface area contributed by atoms with Crippen LogP contribution < -0.4 is 30.3 Å². The lowest BCUT2D eigenvalue weighted by Gasteiger charge is -2.36. The molecule has 1 aliphatic heterocycles. The molecule has 0 bridgehead atoms. The maximum atomic E-state index is 13.5. The normalized spacial score (nSPS) is 13.4. The van der Waals surface area contributed by atoms with Gasteiger partial charge in [0.1, 0.15) is 11.5 Å². The quantitative estimate of drug-likeness (QED) is 0.344. The predicted molar refractivity (Wildman–Crippen MR) is 148 cm³/mol. The van der Waals surface area contributed by atoms with Gasteiger partial charge in [-0.2, -0.15) is 13.2 Å². The number of anilines is 4. The number of methoxy groups -OCH3 is 2. The molecule has 40 heavy (non-hydrogen) atoms. The highest BCUT2D eigenvalue weighted by Gasteiger charge is 2.35. The zero-order chi connectivity index (χ0) is 28.9. The zero-order valence-corrected chi connectivity index (χ0v) is 22.3. The number of benzene rings is 3. The second-order valence-electron chi connectivity index (χ2n) is 9.14. The van der Waals surface area contributed by atoms with E-state index in [1.54, 1.807) is 18.2 Å². The Bertz CT molecular complexity index is 1360. The van der Waals surface area contributed by atoms with Crippen LogP contribution in [0.25, 0.3) is 0 Å². The number of carbonyl (C=O) groups excluding carboxylic acids is 2. The van der Waals surface area contributed by atoms with E-state index in [4.69, 9.17) is 9.47 Å². The highest BCUT2D eigenvalue weighted by Crippen LogP contribution is 2.37. The number of carbonyl (C=O) groups is 2. The van der Waals surface area contributed by atoms with Crippen LogP contribution in [0, 0.1) is 6.92 Å². The molecule has 3 aromatic carbocycles. The molecule has 1 fully saturated rings. The first kappa shape index (κ1) is 28.4. The van der Waals surface area contributed by atoms with Gasteiger partial charge in [0.05, 0.1) is 31.2 Å². The Morgan fingerprint density at radius 1 is 0.800 bits per heavy atom. The van der Waals surface area contributed by atoms with E-state index in [9.17, 15) is 22.8 Å². The lowest BCUT2D eigenvalue weighted by molar-refractivity contribution is -0.137. The summed E-state index contributed by atoms with van der Waals surface area (Å²) in [5.41, 5.74) is 1.71. The van der Waals surface area contributed by atoms with Crippen molar-refractivity contribution in [3.8, 4) is 11.5 Å². The topological polar surface area (TPSA) is 95.2 Å². The standard InChI is InChI=1S/C28H30F3N5O4/c1-18-4-11-25(40-3)24(16-18)33-26(37)32-19-5-7-20(8-6-19)35-12-14-36(15-13-35)27(38)34-23-10-9-21(39-2)17-22(23)28(29,30)31/h4-11,16-17H,12-15H2,1-3H3,(H,34,38)(H2,32,33,37). The number of nitrogens with one attached hydrogen (secondary N) is 3. The minimum absolute atomic E-state index is 0.0484. The summed E-state index contributed by atoms with van der Waals surface area (Å²) in [6.07, 6.45) is -4.65. The average Bonchev–Trinajstić information content (AvgIpc) is 2.93. The van der Waals surface area contributed by atoms with Crippen molar-refractivity contribution in [2.45, 2.75) is 13.1 Å². The SMILES string of the molecule is COc1ccc(NC(=O)N2CCN(c3ccc(NC(=O)Nc4cc(C)ccc4OC)cc3)CC2)c(C(F)(F)F)c1. The maximum Gasteiger partial charge on any atom is 0.418 e. The van der Waals surface area contributed by atoms with E-state index in [2.05, 4.69) is 20.9 Å². The Morgan fingerprint density at radius 2 is 1.50 bits per heavy atom. The molecule has 1 aliphatic rings. The molecular formula is C28H30F3N5O4. The number of amides is 4. The predicted octanol–water partition coefficient (Wildman–Crippen LogP) is 6.03. The van der Waals surface area contributed by atoms with Crippen molar-refractivity contribution in [1.82, 2.24) is 4.90 Å². The van der Waals surface area contributed by atoms with Crippen LogP contribution in [0.2, 0.25) is 0 Å². The average molecular weight is 558 g/mol. The van der Waals surface area contributed by atoms with Gasteiger partial charge in [-0.05, 0) is 67.1 Å². The molecule has 12 heteroatoms. The number of alkyl halides is 3. The third-order valence-electron chi connectivity index (χ3n) is 6.43. The molecule has 3 N–H and O–H groups in total. The highest BCUT2D eigenvalue weighted by molar-refractivity contribution is 6.00. The fourth-order valence-corrected chi connectivity index (χ4v) is 4.32. The Morgan fingerprint density at radius 3 is 2.12 bits per heavy atom. The second-order valence-corrected chi connectivity index (χ2v) is 9.14. The first-order valence-electron chi connectivity index (χ1n) is 12.5. The molecule has 212 valence electrons. The number of aryl methyl sites for hydroxylation is 1. The largest absolute Gasteiger partial charge is 0.497 e. The summed E-state index contributed by atoms with van der Waals surface area (Å²) in [5, 5.41) is 7.95. The molecule has 0 atom stereocenters. The van der Waals surface area contributed by atoms with E-state index in [-0.39, 0.29) is 11.4 Å². The molecule has 0 spiro atoms. The van der Waals surface area contributed by atoms with Crippen molar-refractivity contribution in [1.29, 1.82) is 0 Å². The van der Waals surface area contributed by atoms with Crippen molar-refractivity contribution in [2.24, 2.45) is 0 Å². The molecule has 1 heterocycles. The van der Waals surface area contributed by atoms with Gasteiger partial charge in [-0.15, -0.1) is 0 Å². The molecule has 0 aromatic heterocycles. The first-order chi connectivity index (χ1) is 19.1. The van der Waals surface area contributed by atoms with Crippen LogP contribution >= 0.6 is 0 Å². The summed E-state index contributed by atoms with van der Waals surface area (Å²) in [5.74, 6) is 0.598. The number of ether oxygens (including phenoxy) is 2. The highest BCUT2D eigenvalue weighted by atomic mass is 19.4. The van der Waals surface area contributed by atoms with Crippen molar-refractivity contribution in [2.75, 3.05) is 61.2 Å². The van der Waals surface area contributed by atoms with E-state index in [0.29, 0.717) is 43.3 Å². The van der Waals surface area contributed by atoms with E-state index in [1.165, 1.54) is 31.3 Å². The number of urea groups is 2. The molecule has 9 nitrogen and oxygen atoms in total. The Kier molecular flexibility index (Phi) is 8.56. The van der Waals surface area contributed by atoms with Gasteiger partial charge in [0.25, 0.3) is 0 Å². The van der Waals surface area contributed by atoms with E-state index in [0.717, 1.165) is 17.3 Å². The van der Waals surface area contributed by atoms with Gasteiger partial charge in [0, 0.05) is 37.6 Å². The summed E-state index contributed by atoms with van der Waals surface area (Å²) < 4.78 is 50.6. The zero-order valence-electron chi connectivity index (χ0n) is 22.3. The third kappa shape index (κ3) is 6.87. The third-order valence-corrected chi connectivity index (χ3v) is 6.43. The number of nitrogens with zero attached hydrogens (tertiary/aromatic N) is 2. The van der Waals surface area contributed by atoms with Crippen LogP contribution in [-0.2, 0) is 6.18 Å². The van der Waals surface area contributed by atoms with Crippen molar-refractivity contribution >= 4 is 34.8 Å². The van der Waals surface area contributed by atoms with Crippen LogP contribution in [0.3, 0.4) is 0 Å². The van der Waals surface area contributed by atoms with Crippen LogP contribution in [0.5, 0.6) is 11.5 Å². The monoisotopic (exact) mass is 557 g/mol. The summed E-state index contributed by atoms with van der Waals surface area (Å²) in [7, 11) is 2.81. The summed E-state index contributed by atoms with van der Waals surface area (Å²) in [4.78, 5) is 28.7. The molecule has 1 saturated heterocycles. The van der Waals surface area contributed by atoms with Gasteiger partial charge in [-0.25, -0.2) is 9.59 Å². The molecule has 3 aromatic rings. The number of hydrogen-bond acceptors (Lipinski definition) is 5.